The number of hydrogen-bond acceptors (Lipinski definition) is 3. The van der Waals surface area contributed by atoms with Gasteiger partial charge in [0.2, 0.25) is 0 Å². The highest BCUT2D eigenvalue weighted by Gasteiger charge is 2.29. The van der Waals surface area contributed by atoms with Gasteiger partial charge in [-0.2, -0.15) is 0 Å². The molecule has 0 aliphatic heterocycles. The van der Waals surface area contributed by atoms with Crippen molar-refractivity contribution in [1.29, 1.82) is 0 Å². The summed E-state index contributed by atoms with van der Waals surface area (Å²) in [5.41, 5.74) is 2.46. The molecule has 144 valence electrons. The van der Waals surface area contributed by atoms with E-state index in [4.69, 9.17) is 4.74 Å². The second kappa shape index (κ2) is 10.3. The van der Waals surface area contributed by atoms with Gasteiger partial charge in [-0.25, -0.2) is 0 Å². The van der Waals surface area contributed by atoms with Gasteiger partial charge in [0.15, 0.2) is 0 Å². The van der Waals surface area contributed by atoms with Gasteiger partial charge in [-0.15, -0.1) is 0 Å². The number of hydrogen-bond donors (Lipinski definition) is 1. The second-order valence-corrected chi connectivity index (χ2v) is 7.43. The lowest BCUT2D eigenvalue weighted by atomic mass is 9.81. The highest BCUT2D eigenvalue weighted by molar-refractivity contribution is 5.70. The van der Waals surface area contributed by atoms with E-state index in [2.05, 4.69) is 53.8 Å². The van der Waals surface area contributed by atoms with Crippen molar-refractivity contribution in [1.82, 2.24) is 5.32 Å². The van der Waals surface area contributed by atoms with E-state index in [1.807, 2.05) is 19.1 Å². The summed E-state index contributed by atoms with van der Waals surface area (Å²) >= 11 is 0. The third-order valence-electron chi connectivity index (χ3n) is 5.56. The van der Waals surface area contributed by atoms with Gasteiger partial charge in [-0.05, 0) is 36.8 Å². The fourth-order valence-electron chi connectivity index (χ4n) is 4.19. The number of rotatable bonds is 8. The molecule has 3 heteroatoms. The van der Waals surface area contributed by atoms with Crippen molar-refractivity contribution in [3.8, 4) is 0 Å². The van der Waals surface area contributed by atoms with E-state index >= 15 is 0 Å². The lowest BCUT2D eigenvalue weighted by molar-refractivity contribution is -0.144. The summed E-state index contributed by atoms with van der Waals surface area (Å²) in [6, 6.07) is 21.2. The smallest absolute Gasteiger partial charge is 0.307 e. The predicted molar refractivity (Wildman–Crippen MR) is 109 cm³/mol. The SMILES string of the molecule is CCOC(=O)C[C@H](NC(c1ccccc1)c1ccccc1)C1CCCCC1. The van der Waals surface area contributed by atoms with Crippen LogP contribution in [0.1, 0.15) is 62.6 Å². The summed E-state index contributed by atoms with van der Waals surface area (Å²) in [5.74, 6) is 0.429. The van der Waals surface area contributed by atoms with Crippen molar-refractivity contribution in [2.75, 3.05) is 6.61 Å². The summed E-state index contributed by atoms with van der Waals surface area (Å²) in [5, 5.41) is 3.84. The molecule has 1 aliphatic carbocycles. The van der Waals surface area contributed by atoms with Crippen LogP contribution in [0.2, 0.25) is 0 Å². The predicted octanol–water partition coefficient (Wildman–Crippen LogP) is 5.27. The first-order valence-corrected chi connectivity index (χ1v) is 10.3. The molecule has 0 bridgehead atoms. The first kappa shape index (κ1) is 19.6. The van der Waals surface area contributed by atoms with E-state index in [-0.39, 0.29) is 18.1 Å². The fraction of sp³-hybridized carbons (Fsp3) is 0.458. The van der Waals surface area contributed by atoms with Gasteiger partial charge in [0.1, 0.15) is 0 Å². The molecule has 0 amide bonds. The monoisotopic (exact) mass is 365 g/mol. The van der Waals surface area contributed by atoms with Crippen molar-refractivity contribution in [3.05, 3.63) is 71.8 Å². The van der Waals surface area contributed by atoms with Crippen LogP contribution in [0.15, 0.2) is 60.7 Å². The molecule has 0 unspecified atom stereocenters. The van der Waals surface area contributed by atoms with Crippen LogP contribution in [0.5, 0.6) is 0 Å². The zero-order valence-electron chi connectivity index (χ0n) is 16.3. The van der Waals surface area contributed by atoms with E-state index in [9.17, 15) is 4.79 Å². The normalized spacial score (nSPS) is 16.2. The topological polar surface area (TPSA) is 38.3 Å². The molecule has 0 heterocycles. The lowest BCUT2D eigenvalue weighted by Crippen LogP contribution is -2.41. The molecule has 1 aliphatic rings. The number of ether oxygens (including phenoxy) is 1. The molecule has 0 spiro atoms. The molecule has 1 saturated carbocycles. The van der Waals surface area contributed by atoms with Crippen LogP contribution in [-0.2, 0) is 9.53 Å². The Labute approximate surface area is 163 Å². The first-order chi connectivity index (χ1) is 13.3. The molecule has 0 aromatic heterocycles. The molecule has 1 atom stereocenters. The van der Waals surface area contributed by atoms with E-state index in [0.29, 0.717) is 18.9 Å². The molecular weight excluding hydrogens is 334 g/mol. The summed E-state index contributed by atoms with van der Waals surface area (Å²) in [6.07, 6.45) is 6.64. The largest absolute Gasteiger partial charge is 0.466 e. The quantitative estimate of drug-likeness (QED) is 0.648. The van der Waals surface area contributed by atoms with E-state index < -0.39 is 0 Å². The summed E-state index contributed by atoms with van der Waals surface area (Å²) in [4.78, 5) is 12.3. The van der Waals surface area contributed by atoms with Crippen molar-refractivity contribution in [2.24, 2.45) is 5.92 Å². The molecule has 0 saturated heterocycles. The molecule has 1 fully saturated rings. The van der Waals surface area contributed by atoms with Crippen LogP contribution in [0, 0.1) is 5.92 Å². The standard InChI is InChI=1S/C24H31NO2/c1-2-27-23(26)18-22(19-12-6-3-7-13-19)25-24(20-14-8-4-9-15-20)21-16-10-5-11-17-21/h4-5,8-11,14-17,19,22,24-25H,2-3,6-7,12-13,18H2,1H3/t22-/m0/s1. The maximum atomic E-state index is 12.3. The van der Waals surface area contributed by atoms with Gasteiger partial charge in [-0.1, -0.05) is 79.9 Å². The summed E-state index contributed by atoms with van der Waals surface area (Å²) < 4.78 is 5.28. The minimum absolute atomic E-state index is 0.0775. The number of esters is 1. The second-order valence-electron chi connectivity index (χ2n) is 7.43. The van der Waals surface area contributed by atoms with Gasteiger partial charge in [-0.3, -0.25) is 4.79 Å². The van der Waals surface area contributed by atoms with Crippen LogP contribution in [0.25, 0.3) is 0 Å². The number of nitrogens with one attached hydrogen (secondary N) is 1. The number of carbonyl (C=O) groups excluding carboxylic acids is 1. The third-order valence-corrected chi connectivity index (χ3v) is 5.56. The first-order valence-electron chi connectivity index (χ1n) is 10.3. The average Bonchev–Trinajstić information content (AvgIpc) is 2.73. The molecule has 1 N–H and O–H groups in total. The average molecular weight is 366 g/mol. The Hall–Kier alpha value is -2.13. The Balaban J connectivity index is 1.85. The zero-order chi connectivity index (χ0) is 18.9. The molecule has 3 nitrogen and oxygen atoms in total. The van der Waals surface area contributed by atoms with Crippen molar-refractivity contribution >= 4 is 5.97 Å². The fourth-order valence-corrected chi connectivity index (χ4v) is 4.19. The Morgan fingerprint density at radius 3 is 2.04 bits per heavy atom. The molecule has 3 rings (SSSR count). The third kappa shape index (κ3) is 5.67. The minimum atomic E-state index is -0.0968. The molecular formula is C24H31NO2. The van der Waals surface area contributed by atoms with Crippen LogP contribution < -0.4 is 5.32 Å². The number of carbonyl (C=O) groups is 1. The highest BCUT2D eigenvalue weighted by atomic mass is 16.5. The van der Waals surface area contributed by atoms with Crippen molar-refractivity contribution in [2.45, 2.75) is 57.5 Å². The molecule has 2 aromatic carbocycles. The van der Waals surface area contributed by atoms with Gasteiger partial charge in [0.05, 0.1) is 19.1 Å². The minimum Gasteiger partial charge on any atom is -0.466 e. The van der Waals surface area contributed by atoms with Crippen molar-refractivity contribution in [3.63, 3.8) is 0 Å². The summed E-state index contributed by atoms with van der Waals surface area (Å²) in [7, 11) is 0. The Kier molecular flexibility index (Phi) is 7.46. The van der Waals surface area contributed by atoms with E-state index in [0.717, 1.165) is 0 Å². The van der Waals surface area contributed by atoms with Crippen LogP contribution in [-0.4, -0.2) is 18.6 Å². The molecule has 27 heavy (non-hydrogen) atoms. The van der Waals surface area contributed by atoms with Gasteiger partial charge in [0.25, 0.3) is 0 Å². The van der Waals surface area contributed by atoms with Gasteiger partial charge in [0, 0.05) is 6.04 Å². The van der Waals surface area contributed by atoms with E-state index in [1.165, 1.54) is 43.2 Å². The van der Waals surface area contributed by atoms with Crippen LogP contribution in [0.3, 0.4) is 0 Å². The summed E-state index contributed by atoms with van der Waals surface area (Å²) in [6.45, 7) is 2.31. The van der Waals surface area contributed by atoms with Gasteiger partial charge < -0.3 is 10.1 Å². The molecule has 0 radical (unpaired) electrons. The maximum absolute atomic E-state index is 12.3. The maximum Gasteiger partial charge on any atom is 0.307 e. The number of benzene rings is 2. The Morgan fingerprint density at radius 1 is 0.963 bits per heavy atom. The Bertz CT molecular complexity index is 641. The lowest BCUT2D eigenvalue weighted by Gasteiger charge is -2.34. The van der Waals surface area contributed by atoms with E-state index in [1.54, 1.807) is 0 Å². The zero-order valence-corrected chi connectivity index (χ0v) is 16.3. The van der Waals surface area contributed by atoms with Crippen molar-refractivity contribution < 1.29 is 9.53 Å². The Morgan fingerprint density at radius 2 is 1.52 bits per heavy atom. The van der Waals surface area contributed by atoms with Crippen LogP contribution in [0.4, 0.5) is 0 Å². The van der Waals surface area contributed by atoms with Gasteiger partial charge >= 0.3 is 5.97 Å². The molecule has 2 aromatic rings. The van der Waals surface area contributed by atoms with Crippen LogP contribution >= 0.6 is 0 Å². The highest BCUT2D eigenvalue weighted by Crippen LogP contribution is 2.31.